The average molecular weight is 261 g/mol. The van der Waals surface area contributed by atoms with Gasteiger partial charge in [-0.05, 0) is 18.9 Å². The summed E-state index contributed by atoms with van der Waals surface area (Å²) in [5.41, 5.74) is 0. The third-order valence-corrected chi connectivity index (χ3v) is 3.55. The van der Waals surface area contributed by atoms with Gasteiger partial charge in [-0.2, -0.15) is 4.98 Å². The normalized spacial score (nSPS) is 18.9. The van der Waals surface area contributed by atoms with Crippen LogP contribution in [0.2, 0.25) is 0 Å². The highest BCUT2D eigenvalue weighted by Crippen LogP contribution is 2.25. The third-order valence-electron chi connectivity index (χ3n) is 3.55. The molecule has 1 aromatic rings. The van der Waals surface area contributed by atoms with Crippen molar-refractivity contribution in [3.8, 4) is 0 Å². The maximum Gasteiger partial charge on any atom is 0.227 e. The van der Waals surface area contributed by atoms with E-state index in [1.165, 1.54) is 0 Å². The molecule has 0 aromatic carbocycles. The van der Waals surface area contributed by atoms with E-state index in [1.54, 1.807) is 6.20 Å². The van der Waals surface area contributed by atoms with E-state index in [1.807, 2.05) is 30.0 Å². The molecule has 1 saturated heterocycles. The molecule has 6 nitrogen and oxygen atoms in total. The van der Waals surface area contributed by atoms with Crippen molar-refractivity contribution >= 4 is 17.7 Å². The first kappa shape index (κ1) is 12.2. The summed E-state index contributed by atoms with van der Waals surface area (Å²) >= 11 is 0. The highest BCUT2D eigenvalue weighted by Gasteiger charge is 2.36. The molecule has 1 amide bonds. The van der Waals surface area contributed by atoms with E-state index < -0.39 is 0 Å². The van der Waals surface area contributed by atoms with E-state index >= 15 is 0 Å². The highest BCUT2D eigenvalue weighted by atomic mass is 16.2. The minimum atomic E-state index is 0.0900. The molecule has 0 radical (unpaired) electrons. The Morgan fingerprint density at radius 3 is 2.79 bits per heavy atom. The summed E-state index contributed by atoms with van der Waals surface area (Å²) in [5, 5.41) is 3.04. The van der Waals surface area contributed by atoms with Crippen molar-refractivity contribution in [1.29, 1.82) is 0 Å². The number of carbonyl (C=O) groups is 1. The van der Waals surface area contributed by atoms with Crippen molar-refractivity contribution in [3.63, 3.8) is 0 Å². The number of carbonyl (C=O) groups excluding carboxylic acids is 1. The molecule has 1 aliphatic carbocycles. The number of hydrogen-bond acceptors (Lipinski definition) is 5. The molecule has 0 bridgehead atoms. The topological polar surface area (TPSA) is 61.4 Å². The second-order valence-electron chi connectivity index (χ2n) is 5.49. The first-order valence-electron chi connectivity index (χ1n) is 6.69. The predicted molar refractivity (Wildman–Crippen MR) is 73.2 cm³/mol. The van der Waals surface area contributed by atoms with Gasteiger partial charge in [0.1, 0.15) is 5.82 Å². The fraction of sp³-hybridized carbons (Fsp3) is 0.615. The summed E-state index contributed by atoms with van der Waals surface area (Å²) in [6.07, 6.45) is 4.03. The molecule has 0 unspecified atom stereocenters. The molecule has 1 N–H and O–H groups in total. The molecule has 0 atom stereocenters. The first-order valence-corrected chi connectivity index (χ1v) is 6.69. The summed E-state index contributed by atoms with van der Waals surface area (Å²) in [6.45, 7) is 1.44. The zero-order chi connectivity index (χ0) is 13.4. The van der Waals surface area contributed by atoms with Crippen LogP contribution >= 0.6 is 0 Å². The molecule has 2 aliphatic rings. The maximum absolute atomic E-state index is 11.8. The van der Waals surface area contributed by atoms with E-state index in [9.17, 15) is 4.79 Å². The van der Waals surface area contributed by atoms with Crippen LogP contribution in [0.3, 0.4) is 0 Å². The molecular weight excluding hydrogens is 242 g/mol. The van der Waals surface area contributed by atoms with Gasteiger partial charge in [-0.1, -0.05) is 0 Å². The second kappa shape index (κ2) is 4.68. The van der Waals surface area contributed by atoms with Gasteiger partial charge in [0.15, 0.2) is 0 Å². The van der Waals surface area contributed by atoms with Crippen LogP contribution in [-0.2, 0) is 4.79 Å². The summed E-state index contributed by atoms with van der Waals surface area (Å²) in [5.74, 6) is 1.87. The van der Waals surface area contributed by atoms with Crippen LogP contribution < -0.4 is 15.1 Å². The number of aromatic nitrogens is 2. The zero-order valence-electron chi connectivity index (χ0n) is 11.3. The Morgan fingerprint density at radius 1 is 1.42 bits per heavy atom. The van der Waals surface area contributed by atoms with Crippen molar-refractivity contribution in [2.75, 3.05) is 37.0 Å². The van der Waals surface area contributed by atoms with Crippen LogP contribution in [0.4, 0.5) is 11.8 Å². The highest BCUT2D eigenvalue weighted by molar-refractivity contribution is 5.82. The van der Waals surface area contributed by atoms with Gasteiger partial charge in [-0.15, -0.1) is 0 Å². The Labute approximate surface area is 112 Å². The number of anilines is 2. The van der Waals surface area contributed by atoms with E-state index in [0.717, 1.165) is 31.7 Å². The molecule has 19 heavy (non-hydrogen) atoms. The predicted octanol–water partition coefficient (Wildman–Crippen LogP) is 0.257. The van der Waals surface area contributed by atoms with Gasteiger partial charge in [-0.25, -0.2) is 4.98 Å². The van der Waals surface area contributed by atoms with Crippen LogP contribution in [0.25, 0.3) is 0 Å². The Morgan fingerprint density at radius 2 is 2.16 bits per heavy atom. The Hall–Kier alpha value is -1.85. The Bertz CT molecular complexity index is 480. The lowest BCUT2D eigenvalue weighted by Gasteiger charge is -2.38. The van der Waals surface area contributed by atoms with Gasteiger partial charge in [0.05, 0.1) is 5.92 Å². The van der Waals surface area contributed by atoms with E-state index in [2.05, 4.69) is 15.3 Å². The number of hydrogen-bond donors (Lipinski definition) is 1. The average Bonchev–Trinajstić information content (AvgIpc) is 3.11. The molecule has 1 aromatic heterocycles. The number of amides is 1. The smallest absolute Gasteiger partial charge is 0.227 e. The lowest BCUT2D eigenvalue weighted by molar-refractivity contribution is -0.125. The van der Waals surface area contributed by atoms with Crippen LogP contribution in [0.1, 0.15) is 12.8 Å². The maximum atomic E-state index is 11.8. The largest absolute Gasteiger partial charge is 0.363 e. The van der Waals surface area contributed by atoms with Crippen molar-refractivity contribution in [2.24, 2.45) is 5.92 Å². The third kappa shape index (κ3) is 2.62. The summed E-state index contributed by atoms with van der Waals surface area (Å²) < 4.78 is 0. The Kier molecular flexibility index (Phi) is 3.00. The molecule has 0 spiro atoms. The van der Waals surface area contributed by atoms with Crippen LogP contribution in [-0.4, -0.2) is 49.1 Å². The molecule has 3 rings (SSSR count). The van der Waals surface area contributed by atoms with Crippen LogP contribution in [0, 0.1) is 5.92 Å². The fourth-order valence-electron chi connectivity index (χ4n) is 2.10. The Balaban J connectivity index is 1.57. The van der Waals surface area contributed by atoms with Crippen LogP contribution in [0.15, 0.2) is 12.3 Å². The van der Waals surface area contributed by atoms with Gasteiger partial charge in [-0.3, -0.25) is 4.79 Å². The molecule has 1 aliphatic heterocycles. The number of nitrogens with zero attached hydrogens (tertiary/aromatic N) is 4. The van der Waals surface area contributed by atoms with Gasteiger partial charge in [0.2, 0.25) is 11.9 Å². The lowest BCUT2D eigenvalue weighted by Crippen LogP contribution is -2.54. The van der Waals surface area contributed by atoms with Crippen molar-refractivity contribution in [3.05, 3.63) is 12.3 Å². The summed E-state index contributed by atoms with van der Waals surface area (Å²) in [4.78, 5) is 24.6. The SMILES string of the molecule is CN(C)c1ccnc(N2CC(C(=O)NC3CC3)C2)n1. The second-order valence-corrected chi connectivity index (χ2v) is 5.49. The summed E-state index contributed by atoms with van der Waals surface area (Å²) in [6, 6.07) is 2.32. The van der Waals surface area contributed by atoms with E-state index in [4.69, 9.17) is 0 Å². The monoisotopic (exact) mass is 261 g/mol. The van der Waals surface area contributed by atoms with Gasteiger partial charge < -0.3 is 15.1 Å². The molecule has 1 saturated carbocycles. The van der Waals surface area contributed by atoms with Gasteiger partial charge in [0.25, 0.3) is 0 Å². The van der Waals surface area contributed by atoms with E-state index in [0.29, 0.717) is 12.0 Å². The molecular formula is C13H19N5O. The zero-order valence-corrected chi connectivity index (χ0v) is 11.3. The number of rotatable bonds is 4. The van der Waals surface area contributed by atoms with Crippen molar-refractivity contribution in [2.45, 2.75) is 18.9 Å². The minimum absolute atomic E-state index is 0.0900. The van der Waals surface area contributed by atoms with Crippen molar-refractivity contribution in [1.82, 2.24) is 15.3 Å². The van der Waals surface area contributed by atoms with Crippen LogP contribution in [0.5, 0.6) is 0 Å². The summed E-state index contributed by atoms with van der Waals surface area (Å²) in [7, 11) is 3.90. The standard InChI is InChI=1S/C13H19N5O/c1-17(2)11-5-6-14-13(16-11)18-7-9(8-18)12(19)15-10-3-4-10/h5-6,9-10H,3-4,7-8H2,1-2H3,(H,15,19). The van der Waals surface area contributed by atoms with Gasteiger partial charge >= 0.3 is 0 Å². The van der Waals surface area contributed by atoms with Gasteiger partial charge in [0, 0.05) is 39.4 Å². The molecule has 102 valence electrons. The molecule has 2 heterocycles. The molecule has 6 heteroatoms. The van der Waals surface area contributed by atoms with E-state index in [-0.39, 0.29) is 11.8 Å². The number of nitrogens with one attached hydrogen (secondary N) is 1. The lowest BCUT2D eigenvalue weighted by atomic mass is 10.00. The minimum Gasteiger partial charge on any atom is -0.363 e. The van der Waals surface area contributed by atoms with Crippen molar-refractivity contribution < 1.29 is 4.79 Å². The molecule has 2 fully saturated rings. The first-order chi connectivity index (χ1) is 9.13. The quantitative estimate of drug-likeness (QED) is 0.842. The fourth-order valence-corrected chi connectivity index (χ4v) is 2.10.